The van der Waals surface area contributed by atoms with Crippen LogP contribution in [0.15, 0.2) is 18.2 Å². The van der Waals surface area contributed by atoms with Gasteiger partial charge in [-0.1, -0.05) is 83.2 Å². The number of aryl methyl sites for hydroxylation is 2. The number of hydrogen-bond donors (Lipinski definition) is 0. The Bertz CT molecular complexity index is 2100. The molecule has 0 radical (unpaired) electrons. The molecule has 11 heteroatoms. The van der Waals surface area contributed by atoms with Gasteiger partial charge in [-0.25, -0.2) is 0 Å². The smallest absolute Gasteiger partial charge is 0.657 e. The van der Waals surface area contributed by atoms with Crippen LogP contribution in [0.3, 0.4) is 0 Å². The number of carbonyl (C=O) groups is 4. The zero-order valence-corrected chi connectivity index (χ0v) is 33.8. The van der Waals surface area contributed by atoms with Gasteiger partial charge in [0.1, 0.15) is 0 Å². The molecule has 8 bridgehead atoms. The topological polar surface area (TPSA) is 135 Å². The van der Waals surface area contributed by atoms with Gasteiger partial charge in [0.25, 0.3) is 11.8 Å². The largest absolute Gasteiger partial charge is 2.00 e. The Kier molecular flexibility index (Phi) is 12.6. The normalized spacial score (nSPS) is 19.4. The van der Waals surface area contributed by atoms with Crippen molar-refractivity contribution >= 4 is 45.6 Å². The molecule has 6 heterocycles. The van der Waals surface area contributed by atoms with Crippen molar-refractivity contribution in [2.75, 3.05) is 13.2 Å². The molecule has 0 saturated heterocycles. The van der Waals surface area contributed by atoms with Gasteiger partial charge in [0.2, 0.25) is 0 Å². The molecule has 3 aliphatic rings. The van der Waals surface area contributed by atoms with Crippen LogP contribution in [0.5, 0.6) is 0 Å². The zero-order chi connectivity index (χ0) is 37.4. The summed E-state index contributed by atoms with van der Waals surface area (Å²) in [5.74, 6) is -1.52. The van der Waals surface area contributed by atoms with Crippen LogP contribution in [0, 0.1) is 13.8 Å². The zero-order valence-electron chi connectivity index (χ0n) is 32.2. The summed E-state index contributed by atoms with van der Waals surface area (Å²) in [7, 11) is 0. The Morgan fingerprint density at radius 1 is 0.792 bits per heavy atom. The van der Waals surface area contributed by atoms with Gasteiger partial charge < -0.3 is 14.7 Å². The summed E-state index contributed by atoms with van der Waals surface area (Å²) in [5.41, 5.74) is 7.79. The molecule has 2 amide bonds. The van der Waals surface area contributed by atoms with E-state index in [0.29, 0.717) is 81.7 Å². The van der Waals surface area contributed by atoms with E-state index in [1.54, 1.807) is 6.92 Å². The summed E-state index contributed by atoms with van der Waals surface area (Å²) in [6.45, 7) is 16.4. The van der Waals surface area contributed by atoms with Crippen LogP contribution in [-0.4, -0.2) is 51.6 Å². The van der Waals surface area contributed by atoms with Gasteiger partial charge in [0.05, 0.1) is 12.3 Å². The first-order valence-corrected chi connectivity index (χ1v) is 19.1. The van der Waals surface area contributed by atoms with Gasteiger partial charge in [0, 0.05) is 70.4 Å². The van der Waals surface area contributed by atoms with E-state index < -0.39 is 5.91 Å². The third kappa shape index (κ3) is 7.44. The Hall–Kier alpha value is -3.94. The van der Waals surface area contributed by atoms with Gasteiger partial charge >= 0.3 is 26.4 Å². The molecule has 0 fully saturated rings. The van der Waals surface area contributed by atoms with Gasteiger partial charge in [-0.15, -0.1) is 22.1 Å². The number of ketones is 1. The summed E-state index contributed by atoms with van der Waals surface area (Å²) in [6, 6.07) is 5.80. The molecule has 6 rings (SSSR count). The number of imide groups is 1. The first-order valence-electron chi connectivity index (χ1n) is 19.1. The fourth-order valence-corrected chi connectivity index (χ4v) is 8.22. The number of nitrogens with zero attached hydrogens (tertiary/aromatic N) is 5. The van der Waals surface area contributed by atoms with Crippen molar-refractivity contribution in [2.45, 2.75) is 130 Å². The minimum absolute atomic E-state index is 0. The second-order valence-corrected chi connectivity index (χ2v) is 14.8. The molecule has 0 N–H and O–H groups in total. The van der Waals surface area contributed by atoms with Crippen LogP contribution in [0.1, 0.15) is 182 Å². The summed E-state index contributed by atoms with van der Waals surface area (Å²) in [6.07, 6.45) is 5.75. The van der Waals surface area contributed by atoms with Crippen LogP contribution in [0.4, 0.5) is 0 Å². The second kappa shape index (κ2) is 16.6. The number of Topliss-reactive ketones (excluding diaryl/α,β-unsaturated/α-hetero) is 1. The maximum Gasteiger partial charge on any atom is 2.00 e. The summed E-state index contributed by atoms with van der Waals surface area (Å²) >= 11 is 0. The fraction of sp³-hybridized carbons (Fsp3) is 0.524. The third-order valence-corrected chi connectivity index (χ3v) is 11.3. The third-order valence-electron chi connectivity index (χ3n) is 11.3. The monoisotopic (exact) mass is 811 g/mol. The van der Waals surface area contributed by atoms with E-state index in [9.17, 15) is 19.2 Å². The number of carbonyl (C=O) groups excluding carboxylic acids is 4. The molecule has 284 valence electrons. The van der Waals surface area contributed by atoms with E-state index in [1.165, 1.54) is 4.90 Å². The molecule has 3 aliphatic heterocycles. The van der Waals surface area contributed by atoms with Crippen LogP contribution in [0.2, 0.25) is 0 Å². The van der Waals surface area contributed by atoms with E-state index in [4.69, 9.17) is 24.7 Å². The van der Waals surface area contributed by atoms with Crippen LogP contribution in [-0.2, 0) is 30.0 Å². The van der Waals surface area contributed by atoms with Crippen molar-refractivity contribution in [1.29, 1.82) is 0 Å². The van der Waals surface area contributed by atoms with Crippen LogP contribution < -0.4 is 9.97 Å². The number of unbranched alkanes of at least 4 members (excludes halogenated alkanes) is 3. The van der Waals surface area contributed by atoms with E-state index in [-0.39, 0.29) is 68.2 Å². The van der Waals surface area contributed by atoms with Gasteiger partial charge in [-0.2, -0.15) is 0 Å². The fourth-order valence-electron chi connectivity index (χ4n) is 8.22. The van der Waals surface area contributed by atoms with Crippen LogP contribution >= 0.6 is 0 Å². The van der Waals surface area contributed by atoms with E-state index in [0.717, 1.165) is 49.1 Å². The standard InChI is InChI=1S/C42H53N5O5.Pd/c1-9-12-13-14-17-47-41(50)37-25(7)32-20-33-27(11-3)22(4)29(43-33)21-34-36(26(8)48)24(6)31(44-34)19-30-23(5)28(15-16-35(49)52-18-10-2)39(45-30)38(42(47)51)40(37)46-32;/h19-23,27-28H,9-18H2,1-8H3,(H2,43,44,45,46,48,50,51);/q;+2/p-2/t22-,23+,27-,28+;/m1./s1. The number of hydrogen-bond acceptors (Lipinski definition) is 7. The Morgan fingerprint density at radius 2 is 1.43 bits per heavy atom. The van der Waals surface area contributed by atoms with Crippen molar-refractivity contribution in [3.05, 3.63) is 68.8 Å². The van der Waals surface area contributed by atoms with Gasteiger partial charge in [0.15, 0.2) is 5.78 Å². The average molecular weight is 812 g/mol. The first-order chi connectivity index (χ1) is 24.9. The van der Waals surface area contributed by atoms with E-state index in [2.05, 4.69) is 20.8 Å². The average Bonchev–Trinajstić information content (AvgIpc) is 3.79. The Balaban J connectivity index is 0.00000541. The number of fused-ring (bicyclic) bond motifs is 8. The molecule has 4 atom stereocenters. The van der Waals surface area contributed by atoms with Crippen molar-refractivity contribution in [2.24, 2.45) is 0 Å². The molecule has 0 aliphatic carbocycles. The number of rotatable bonds is 12. The maximum absolute atomic E-state index is 14.7. The quantitative estimate of drug-likeness (QED) is 0.0580. The minimum atomic E-state index is -0.405. The molecule has 10 nitrogen and oxygen atoms in total. The first kappa shape index (κ1) is 40.3. The number of esters is 1. The van der Waals surface area contributed by atoms with E-state index in [1.807, 2.05) is 45.9 Å². The van der Waals surface area contributed by atoms with Crippen molar-refractivity contribution in [1.82, 2.24) is 24.8 Å². The molecule has 0 spiro atoms. The Morgan fingerprint density at radius 3 is 2.11 bits per heavy atom. The van der Waals surface area contributed by atoms with Gasteiger partial charge in [-0.05, 0) is 46.5 Å². The molecule has 3 aromatic heterocycles. The number of amides is 2. The van der Waals surface area contributed by atoms with Crippen molar-refractivity contribution in [3.8, 4) is 0 Å². The second-order valence-electron chi connectivity index (χ2n) is 14.8. The van der Waals surface area contributed by atoms with Crippen molar-refractivity contribution in [3.63, 3.8) is 0 Å². The molecule has 0 unspecified atom stereocenters. The molecule has 0 saturated carbocycles. The summed E-state index contributed by atoms with van der Waals surface area (Å²) in [4.78, 5) is 76.5. The van der Waals surface area contributed by atoms with Crippen molar-refractivity contribution < 1.29 is 44.3 Å². The maximum atomic E-state index is 14.7. The summed E-state index contributed by atoms with van der Waals surface area (Å²) < 4.78 is 5.43. The molecule has 53 heavy (non-hydrogen) atoms. The molecule has 3 aromatic rings. The molecule has 0 aromatic carbocycles. The molecular formula is C42H51N5O5Pd. The van der Waals surface area contributed by atoms with E-state index >= 15 is 0 Å². The molecular weight excluding hydrogens is 761 g/mol. The Labute approximate surface area is 326 Å². The summed E-state index contributed by atoms with van der Waals surface area (Å²) in [5, 5.41) is 0. The van der Waals surface area contributed by atoms with Gasteiger partial charge in [-0.3, -0.25) is 34.0 Å². The minimum Gasteiger partial charge on any atom is -0.657 e. The SMILES string of the molecule is CCCCCCN1C(=O)c2c3nc(cc4[n-]c(cc5nc(cc6[n-]c2c(c6C)C1=O)[C@H](CC)[C@H]5C)c(C(C)=O)c4C)[C@@H](C)[C@@H]3CCC(=O)OCCC.[Pd+2]. The number of ether oxygens (including phenoxy) is 1. The number of aromatic nitrogens is 4. The predicted octanol–water partition coefficient (Wildman–Crippen LogP) is 8.48. The van der Waals surface area contributed by atoms with Crippen LogP contribution in [0.25, 0.3) is 22.1 Å². The predicted molar refractivity (Wildman–Crippen MR) is 201 cm³/mol.